The third kappa shape index (κ3) is 2.63. The van der Waals surface area contributed by atoms with Crippen molar-refractivity contribution in [3.8, 4) is 5.88 Å². The second kappa shape index (κ2) is 6.46. The molecule has 0 saturated carbocycles. The van der Waals surface area contributed by atoms with E-state index < -0.39 is 23.1 Å². The number of benzene rings is 1. The Kier molecular flexibility index (Phi) is 4.23. The Morgan fingerprint density at radius 1 is 1.30 bits per heavy atom. The Balaban J connectivity index is 1.75. The van der Waals surface area contributed by atoms with E-state index in [2.05, 4.69) is 5.16 Å². The molecule has 2 aliphatic carbocycles. The quantitative estimate of drug-likeness (QED) is 0.836. The lowest BCUT2D eigenvalue weighted by molar-refractivity contribution is -0.135. The molecule has 0 fully saturated rings. The SMILES string of the molecule is CC(C)C1c2onc(OCc3ccccc3)c2C(=O)C2(O)C(=O)C=CCC12. The maximum absolute atomic E-state index is 13.2. The number of aromatic nitrogens is 1. The molecule has 3 unspecified atom stereocenters. The number of nitrogens with zero attached hydrogens (tertiary/aromatic N) is 1. The van der Waals surface area contributed by atoms with Crippen LogP contribution in [-0.4, -0.2) is 27.4 Å². The van der Waals surface area contributed by atoms with Gasteiger partial charge in [0.1, 0.15) is 12.2 Å². The summed E-state index contributed by atoms with van der Waals surface area (Å²) in [6.07, 6.45) is 3.42. The molecule has 1 N–H and O–H groups in total. The Morgan fingerprint density at radius 3 is 2.74 bits per heavy atom. The van der Waals surface area contributed by atoms with Crippen molar-refractivity contribution in [1.29, 1.82) is 0 Å². The lowest BCUT2D eigenvalue weighted by atomic mass is 9.60. The minimum Gasteiger partial charge on any atom is -0.470 e. The molecule has 4 rings (SSSR count). The predicted octanol–water partition coefficient (Wildman–Crippen LogP) is 3.07. The summed E-state index contributed by atoms with van der Waals surface area (Å²) in [5.41, 5.74) is -1.09. The standard InChI is InChI=1S/C21H21NO5/c1-12(2)16-14-9-6-10-15(23)21(14,25)19(24)17-18(16)27-22-20(17)26-11-13-7-4-3-5-8-13/h3-8,10,12,14,16,25H,9,11H2,1-2H3. The van der Waals surface area contributed by atoms with Crippen LogP contribution in [0.2, 0.25) is 0 Å². The summed E-state index contributed by atoms with van der Waals surface area (Å²) in [5, 5.41) is 15.1. The van der Waals surface area contributed by atoms with Crippen LogP contribution in [-0.2, 0) is 11.4 Å². The molecule has 2 aliphatic rings. The number of hydrogen-bond donors (Lipinski definition) is 1. The zero-order valence-corrected chi connectivity index (χ0v) is 15.2. The van der Waals surface area contributed by atoms with Gasteiger partial charge >= 0.3 is 0 Å². The van der Waals surface area contributed by atoms with Gasteiger partial charge in [-0.25, -0.2) is 0 Å². The van der Waals surface area contributed by atoms with Crippen LogP contribution in [0.15, 0.2) is 47.0 Å². The van der Waals surface area contributed by atoms with E-state index in [9.17, 15) is 14.7 Å². The molecule has 6 heteroatoms. The van der Waals surface area contributed by atoms with Gasteiger partial charge in [0.2, 0.25) is 5.78 Å². The summed E-state index contributed by atoms with van der Waals surface area (Å²) in [6, 6.07) is 9.46. The predicted molar refractivity (Wildman–Crippen MR) is 96.4 cm³/mol. The summed E-state index contributed by atoms with van der Waals surface area (Å²) in [6.45, 7) is 4.15. The number of aliphatic hydroxyl groups is 1. The Bertz CT molecular complexity index is 914. The lowest BCUT2D eigenvalue weighted by Crippen LogP contribution is -2.58. The fourth-order valence-electron chi connectivity index (χ4n) is 4.18. The molecular weight excluding hydrogens is 346 g/mol. The second-order valence-corrected chi connectivity index (χ2v) is 7.48. The van der Waals surface area contributed by atoms with Crippen molar-refractivity contribution in [1.82, 2.24) is 5.16 Å². The Morgan fingerprint density at radius 2 is 2.04 bits per heavy atom. The van der Waals surface area contributed by atoms with Crippen molar-refractivity contribution < 1.29 is 24.0 Å². The Labute approximate surface area is 156 Å². The largest absolute Gasteiger partial charge is 0.470 e. The fourth-order valence-corrected chi connectivity index (χ4v) is 4.18. The maximum atomic E-state index is 13.2. The molecule has 0 saturated heterocycles. The highest BCUT2D eigenvalue weighted by Gasteiger charge is 2.60. The minimum atomic E-state index is -2.09. The number of allylic oxidation sites excluding steroid dienone is 1. The molecule has 0 bridgehead atoms. The van der Waals surface area contributed by atoms with Gasteiger partial charge in [0.05, 0.1) is 0 Å². The number of hydrogen-bond acceptors (Lipinski definition) is 6. The number of fused-ring (bicyclic) bond motifs is 2. The molecule has 0 amide bonds. The number of ether oxygens (including phenoxy) is 1. The molecule has 1 aromatic heterocycles. The first-order chi connectivity index (χ1) is 12.9. The first-order valence-corrected chi connectivity index (χ1v) is 9.09. The summed E-state index contributed by atoms with van der Waals surface area (Å²) in [4.78, 5) is 25.7. The zero-order chi connectivity index (χ0) is 19.2. The molecule has 0 spiro atoms. The van der Waals surface area contributed by atoms with Crippen molar-refractivity contribution in [2.24, 2.45) is 11.8 Å². The highest BCUT2D eigenvalue weighted by Crippen LogP contribution is 2.51. The monoisotopic (exact) mass is 367 g/mol. The molecule has 3 atom stereocenters. The average Bonchev–Trinajstić information content (AvgIpc) is 3.07. The minimum absolute atomic E-state index is 0.0266. The first kappa shape index (κ1) is 17.7. The van der Waals surface area contributed by atoms with Crippen molar-refractivity contribution in [3.05, 3.63) is 59.4 Å². The van der Waals surface area contributed by atoms with Gasteiger partial charge in [0.25, 0.3) is 5.88 Å². The normalized spacial score (nSPS) is 26.8. The van der Waals surface area contributed by atoms with Crippen LogP contribution in [0.3, 0.4) is 0 Å². The van der Waals surface area contributed by atoms with E-state index in [-0.39, 0.29) is 29.9 Å². The lowest BCUT2D eigenvalue weighted by Gasteiger charge is -2.43. The van der Waals surface area contributed by atoms with Gasteiger partial charge in [-0.15, -0.1) is 0 Å². The van der Waals surface area contributed by atoms with Gasteiger partial charge in [-0.05, 0) is 29.1 Å². The van der Waals surface area contributed by atoms with E-state index in [1.54, 1.807) is 6.08 Å². The molecule has 2 aromatic rings. The van der Waals surface area contributed by atoms with Crippen LogP contribution >= 0.6 is 0 Å². The van der Waals surface area contributed by atoms with Gasteiger partial charge in [-0.1, -0.05) is 50.3 Å². The summed E-state index contributed by atoms with van der Waals surface area (Å²) in [5.74, 6) is -1.67. The molecular formula is C21H21NO5. The maximum Gasteiger partial charge on any atom is 0.265 e. The third-order valence-corrected chi connectivity index (χ3v) is 5.50. The van der Waals surface area contributed by atoms with Crippen LogP contribution in [0.1, 0.15) is 47.9 Å². The third-order valence-electron chi connectivity index (χ3n) is 5.50. The summed E-state index contributed by atoms with van der Waals surface area (Å²) in [7, 11) is 0. The van der Waals surface area contributed by atoms with Crippen LogP contribution < -0.4 is 4.74 Å². The summed E-state index contributed by atoms with van der Waals surface area (Å²) >= 11 is 0. The van der Waals surface area contributed by atoms with Gasteiger partial charge in [-0.3, -0.25) is 9.59 Å². The number of carbonyl (C=O) groups excluding carboxylic acids is 2. The molecule has 1 aromatic carbocycles. The number of carbonyl (C=O) groups is 2. The van der Waals surface area contributed by atoms with Gasteiger partial charge in [0.15, 0.2) is 17.1 Å². The van der Waals surface area contributed by atoms with Crippen LogP contribution in [0.4, 0.5) is 0 Å². The van der Waals surface area contributed by atoms with E-state index >= 15 is 0 Å². The molecule has 6 nitrogen and oxygen atoms in total. The highest BCUT2D eigenvalue weighted by atomic mass is 16.5. The molecule has 0 aliphatic heterocycles. The van der Waals surface area contributed by atoms with Crippen molar-refractivity contribution in [3.63, 3.8) is 0 Å². The number of Topliss-reactive ketones (excluding diaryl/α,β-unsaturated/α-hetero) is 1. The fraction of sp³-hybridized carbons (Fsp3) is 0.381. The zero-order valence-electron chi connectivity index (χ0n) is 15.2. The van der Waals surface area contributed by atoms with Gasteiger partial charge < -0.3 is 14.4 Å². The number of rotatable bonds is 4. The highest BCUT2D eigenvalue weighted by molar-refractivity contribution is 6.23. The first-order valence-electron chi connectivity index (χ1n) is 9.09. The molecule has 27 heavy (non-hydrogen) atoms. The second-order valence-electron chi connectivity index (χ2n) is 7.48. The van der Waals surface area contributed by atoms with E-state index in [1.807, 2.05) is 44.2 Å². The molecule has 1 heterocycles. The van der Waals surface area contributed by atoms with E-state index in [0.717, 1.165) is 5.56 Å². The van der Waals surface area contributed by atoms with E-state index in [0.29, 0.717) is 12.2 Å². The summed E-state index contributed by atoms with van der Waals surface area (Å²) < 4.78 is 11.2. The topological polar surface area (TPSA) is 89.6 Å². The van der Waals surface area contributed by atoms with Crippen molar-refractivity contribution >= 4 is 11.6 Å². The number of ketones is 2. The molecule has 0 radical (unpaired) electrons. The smallest absolute Gasteiger partial charge is 0.265 e. The van der Waals surface area contributed by atoms with Gasteiger partial charge in [-0.2, -0.15) is 0 Å². The van der Waals surface area contributed by atoms with Crippen molar-refractivity contribution in [2.45, 2.75) is 38.4 Å². The average molecular weight is 367 g/mol. The van der Waals surface area contributed by atoms with Gasteiger partial charge in [0, 0.05) is 11.8 Å². The van der Waals surface area contributed by atoms with Crippen LogP contribution in [0.25, 0.3) is 0 Å². The van der Waals surface area contributed by atoms with Crippen LogP contribution in [0.5, 0.6) is 5.88 Å². The van der Waals surface area contributed by atoms with Crippen LogP contribution in [0, 0.1) is 11.8 Å². The van der Waals surface area contributed by atoms with E-state index in [4.69, 9.17) is 9.26 Å². The van der Waals surface area contributed by atoms with Crippen molar-refractivity contribution in [2.75, 3.05) is 0 Å². The Hall–Kier alpha value is -2.73. The van der Waals surface area contributed by atoms with E-state index in [1.165, 1.54) is 6.08 Å². The molecule has 140 valence electrons.